The lowest BCUT2D eigenvalue weighted by Crippen LogP contribution is -2.57. The van der Waals surface area contributed by atoms with Gasteiger partial charge in [0, 0.05) is 24.7 Å². The summed E-state index contributed by atoms with van der Waals surface area (Å²) in [4.78, 5) is 27.3. The summed E-state index contributed by atoms with van der Waals surface area (Å²) >= 11 is 0. The highest BCUT2D eigenvalue weighted by Crippen LogP contribution is 2.18. The van der Waals surface area contributed by atoms with Crippen molar-refractivity contribution in [2.24, 2.45) is 0 Å². The lowest BCUT2D eigenvalue weighted by atomic mass is 10.00. The molecule has 0 saturated carbocycles. The van der Waals surface area contributed by atoms with E-state index >= 15 is 0 Å². The second-order valence-electron chi connectivity index (χ2n) is 12.3. The molecule has 0 aliphatic rings. The maximum Gasteiger partial charge on any atom is 0.252 e. The van der Waals surface area contributed by atoms with Crippen LogP contribution in [0.15, 0.2) is 66.7 Å². The quantitative estimate of drug-likeness (QED) is 0.128. The SMILES string of the molecule is CCCC(CCC)S(=O)(=O)C[C@@H](NC(=O)c1ccccc1C)C(=O)N[C@@H](Cc1cc(F)cc(F)c1)[C@H](O)CNCc1cccc(CC)c1.Cl. The van der Waals surface area contributed by atoms with Crippen molar-refractivity contribution in [2.75, 3.05) is 12.3 Å². The number of amides is 2. The molecule has 4 N–H and O–H groups in total. The van der Waals surface area contributed by atoms with E-state index in [1.54, 1.807) is 31.2 Å². The number of carbonyl (C=O) groups excluding carboxylic acids is 2. The van der Waals surface area contributed by atoms with E-state index in [1.165, 1.54) is 0 Å². The summed E-state index contributed by atoms with van der Waals surface area (Å²) in [6, 6.07) is 15.1. The summed E-state index contributed by atoms with van der Waals surface area (Å²) in [7, 11) is -3.86. The Bertz CT molecular complexity index is 1600. The van der Waals surface area contributed by atoms with Crippen LogP contribution in [0.1, 0.15) is 79.1 Å². The first-order valence-electron chi connectivity index (χ1n) is 16.7. The smallest absolute Gasteiger partial charge is 0.252 e. The molecular weight excluding hydrogens is 672 g/mol. The highest BCUT2D eigenvalue weighted by Gasteiger charge is 2.34. The molecule has 12 heteroatoms. The second kappa shape index (κ2) is 20.3. The van der Waals surface area contributed by atoms with Crippen LogP contribution in [0.2, 0.25) is 0 Å². The first-order valence-corrected chi connectivity index (χ1v) is 18.4. The molecule has 0 saturated heterocycles. The highest BCUT2D eigenvalue weighted by molar-refractivity contribution is 7.92. The zero-order valence-corrected chi connectivity index (χ0v) is 30.3. The molecule has 3 aromatic rings. The molecular formula is C37H50ClF2N3O5S. The predicted molar refractivity (Wildman–Crippen MR) is 193 cm³/mol. The van der Waals surface area contributed by atoms with Gasteiger partial charge in [0.1, 0.15) is 17.7 Å². The van der Waals surface area contributed by atoms with Crippen molar-refractivity contribution in [1.29, 1.82) is 0 Å². The van der Waals surface area contributed by atoms with Crippen LogP contribution in [-0.2, 0) is 34.0 Å². The fourth-order valence-electron chi connectivity index (χ4n) is 5.78. The number of hydrogen-bond donors (Lipinski definition) is 4. The van der Waals surface area contributed by atoms with Crippen molar-refractivity contribution >= 4 is 34.1 Å². The number of aryl methyl sites for hydroxylation is 2. The number of halogens is 3. The molecule has 0 aromatic heterocycles. The Kier molecular flexibility index (Phi) is 17.3. The van der Waals surface area contributed by atoms with Crippen LogP contribution in [0.4, 0.5) is 8.78 Å². The van der Waals surface area contributed by atoms with Crippen LogP contribution in [-0.4, -0.2) is 61.1 Å². The van der Waals surface area contributed by atoms with Gasteiger partial charge in [0.15, 0.2) is 9.84 Å². The van der Waals surface area contributed by atoms with Crippen LogP contribution < -0.4 is 16.0 Å². The van der Waals surface area contributed by atoms with E-state index in [-0.39, 0.29) is 36.5 Å². The van der Waals surface area contributed by atoms with Crippen molar-refractivity contribution in [2.45, 2.75) is 96.2 Å². The van der Waals surface area contributed by atoms with Gasteiger partial charge < -0.3 is 21.1 Å². The van der Waals surface area contributed by atoms with E-state index in [4.69, 9.17) is 0 Å². The van der Waals surface area contributed by atoms with Crippen molar-refractivity contribution in [3.8, 4) is 0 Å². The zero-order valence-electron chi connectivity index (χ0n) is 28.7. The maximum absolute atomic E-state index is 14.1. The molecule has 0 aliphatic heterocycles. The number of carbonyl (C=O) groups is 2. The number of rotatable bonds is 19. The Labute approximate surface area is 295 Å². The third kappa shape index (κ3) is 13.1. The number of hydrogen-bond acceptors (Lipinski definition) is 6. The lowest BCUT2D eigenvalue weighted by Gasteiger charge is -2.28. The Morgan fingerprint density at radius 2 is 1.47 bits per heavy atom. The van der Waals surface area contributed by atoms with Gasteiger partial charge in [0.05, 0.1) is 23.1 Å². The van der Waals surface area contributed by atoms with Gasteiger partial charge in [-0.3, -0.25) is 9.59 Å². The van der Waals surface area contributed by atoms with E-state index in [2.05, 4.69) is 22.9 Å². The van der Waals surface area contributed by atoms with E-state index < -0.39 is 62.5 Å². The fraction of sp³-hybridized carbons (Fsp3) is 0.459. The van der Waals surface area contributed by atoms with Gasteiger partial charge in [-0.15, -0.1) is 12.4 Å². The van der Waals surface area contributed by atoms with Gasteiger partial charge in [-0.05, 0) is 73.1 Å². The lowest BCUT2D eigenvalue weighted by molar-refractivity contribution is -0.124. The monoisotopic (exact) mass is 721 g/mol. The summed E-state index contributed by atoms with van der Waals surface area (Å²) < 4.78 is 55.5. The Morgan fingerprint density at radius 1 is 0.837 bits per heavy atom. The number of nitrogens with one attached hydrogen (secondary N) is 3. The normalized spacial score (nSPS) is 13.3. The van der Waals surface area contributed by atoms with Gasteiger partial charge in [-0.25, -0.2) is 17.2 Å². The number of benzene rings is 3. The molecule has 0 fully saturated rings. The maximum atomic E-state index is 14.1. The van der Waals surface area contributed by atoms with Gasteiger partial charge >= 0.3 is 0 Å². The topological polar surface area (TPSA) is 125 Å². The fourth-order valence-corrected chi connectivity index (χ4v) is 7.94. The Balaban J connectivity index is 0.00000833. The average molecular weight is 722 g/mol. The molecule has 0 radical (unpaired) electrons. The predicted octanol–water partition coefficient (Wildman–Crippen LogP) is 5.62. The molecule has 2 amide bonds. The van der Waals surface area contributed by atoms with Crippen molar-refractivity contribution < 1.29 is 31.9 Å². The number of sulfone groups is 1. The number of aliphatic hydroxyl groups excluding tert-OH is 1. The van der Waals surface area contributed by atoms with Gasteiger partial charge in [0.25, 0.3) is 5.91 Å². The molecule has 3 atom stereocenters. The molecule has 0 heterocycles. The minimum atomic E-state index is -3.86. The first-order chi connectivity index (χ1) is 22.9. The van der Waals surface area contributed by atoms with Crippen molar-refractivity contribution in [3.05, 3.63) is 106 Å². The minimum absolute atomic E-state index is 0. The Morgan fingerprint density at radius 3 is 2.08 bits per heavy atom. The number of aliphatic hydroxyl groups is 1. The van der Waals surface area contributed by atoms with Crippen LogP contribution in [0.5, 0.6) is 0 Å². The minimum Gasteiger partial charge on any atom is -0.390 e. The van der Waals surface area contributed by atoms with Crippen molar-refractivity contribution in [1.82, 2.24) is 16.0 Å². The van der Waals surface area contributed by atoms with Gasteiger partial charge in [-0.2, -0.15) is 0 Å². The Hall–Kier alpha value is -3.38. The van der Waals surface area contributed by atoms with Gasteiger partial charge in [0.2, 0.25) is 5.91 Å². The molecule has 3 aromatic carbocycles. The van der Waals surface area contributed by atoms with E-state index in [9.17, 15) is 31.9 Å². The molecule has 0 unspecified atom stereocenters. The molecule has 0 aliphatic carbocycles. The van der Waals surface area contributed by atoms with Crippen molar-refractivity contribution in [3.63, 3.8) is 0 Å². The van der Waals surface area contributed by atoms with Crippen LogP contribution in [0.3, 0.4) is 0 Å². The van der Waals surface area contributed by atoms with E-state index in [0.717, 1.165) is 35.7 Å². The van der Waals surface area contributed by atoms with Gasteiger partial charge in [-0.1, -0.05) is 76.1 Å². The summed E-state index contributed by atoms with van der Waals surface area (Å²) in [5.41, 5.74) is 3.26. The van der Waals surface area contributed by atoms with E-state index in [1.807, 2.05) is 38.1 Å². The molecule has 8 nitrogen and oxygen atoms in total. The molecule has 49 heavy (non-hydrogen) atoms. The molecule has 270 valence electrons. The third-order valence-electron chi connectivity index (χ3n) is 8.39. The summed E-state index contributed by atoms with van der Waals surface area (Å²) in [6.45, 7) is 7.98. The molecule has 0 bridgehead atoms. The third-order valence-corrected chi connectivity index (χ3v) is 10.7. The average Bonchev–Trinajstić information content (AvgIpc) is 3.03. The largest absolute Gasteiger partial charge is 0.390 e. The zero-order chi connectivity index (χ0) is 35.3. The van der Waals surface area contributed by atoms with Crippen LogP contribution in [0, 0.1) is 18.6 Å². The second-order valence-corrected chi connectivity index (χ2v) is 14.7. The van der Waals surface area contributed by atoms with E-state index in [0.29, 0.717) is 37.8 Å². The van der Waals surface area contributed by atoms with Crippen LogP contribution in [0.25, 0.3) is 0 Å². The molecule has 0 spiro atoms. The summed E-state index contributed by atoms with van der Waals surface area (Å²) in [5.74, 6) is -3.73. The molecule has 3 rings (SSSR count). The summed E-state index contributed by atoms with van der Waals surface area (Å²) in [5, 5.41) is 19.1. The first kappa shape index (κ1) is 41.8. The standard InChI is InChI=1S/C37H49F2N3O5S.ClH/c1-5-11-31(12-6-2)48(46,47)24-34(42-36(44)32-16-9-8-13-25(32)4)37(45)41-33(20-28-18-29(38)21-30(39)19-28)35(43)23-40-22-27-15-10-14-26(7-3)17-27;/h8-10,13-19,21,31,33-35,40,43H,5-7,11-12,20,22-24H2,1-4H3,(H,41,45)(H,42,44);1H/t33-,34+,35+;/m0./s1. The van der Waals surface area contributed by atoms with Crippen LogP contribution >= 0.6 is 12.4 Å². The summed E-state index contributed by atoms with van der Waals surface area (Å²) in [6.07, 6.45) is 1.55. The highest BCUT2D eigenvalue weighted by atomic mass is 35.5.